The Hall–Kier alpha value is -2.07. The van der Waals surface area contributed by atoms with Crippen molar-refractivity contribution in [1.82, 2.24) is 10.3 Å². The largest absolute Gasteiger partial charge is 0.493 e. The summed E-state index contributed by atoms with van der Waals surface area (Å²) < 4.78 is 5.65. The summed E-state index contributed by atoms with van der Waals surface area (Å²) in [6.07, 6.45) is 4.01. The maximum Gasteiger partial charge on any atom is 0.252 e. The fourth-order valence-corrected chi connectivity index (χ4v) is 1.93. The van der Waals surface area contributed by atoms with Crippen LogP contribution < -0.4 is 10.1 Å². The average molecular weight is 335 g/mol. The second-order valence-corrected chi connectivity index (χ2v) is 5.60. The van der Waals surface area contributed by atoms with E-state index < -0.39 is 0 Å². The van der Waals surface area contributed by atoms with Crippen molar-refractivity contribution in [3.05, 3.63) is 59.9 Å². The molecule has 0 aliphatic rings. The van der Waals surface area contributed by atoms with Crippen molar-refractivity contribution >= 4 is 18.3 Å². The molecule has 0 bridgehead atoms. The average Bonchev–Trinajstić information content (AvgIpc) is 2.55. The molecule has 1 aromatic heterocycles. The number of nitrogens with one attached hydrogen (secondary N) is 1. The maximum atomic E-state index is 11.9. The van der Waals surface area contributed by atoms with E-state index in [1.165, 1.54) is 5.56 Å². The quantitative estimate of drug-likeness (QED) is 0.843. The molecule has 1 amide bonds. The number of pyridine rings is 1. The monoisotopic (exact) mass is 334 g/mol. The fourth-order valence-electron chi connectivity index (χ4n) is 1.93. The normalized spacial score (nSPS) is 10.0. The SMILES string of the molecule is CC(C)COc1ccc(CCNC(=O)c2cccnc2)cc1.Cl. The third-order valence-electron chi connectivity index (χ3n) is 3.13. The molecular formula is C18H23ClN2O2. The molecule has 23 heavy (non-hydrogen) atoms. The van der Waals surface area contributed by atoms with Gasteiger partial charge in [0.05, 0.1) is 12.2 Å². The third kappa shape index (κ3) is 6.70. The van der Waals surface area contributed by atoms with Gasteiger partial charge in [0.1, 0.15) is 5.75 Å². The number of rotatable bonds is 7. The highest BCUT2D eigenvalue weighted by Gasteiger charge is 2.04. The predicted octanol–water partition coefficient (Wildman–Crippen LogP) is 3.51. The standard InChI is InChI=1S/C18H22N2O2.ClH/c1-14(2)13-22-17-7-5-15(6-8-17)9-11-20-18(21)16-4-3-10-19-12-16;/h3-8,10,12,14H,9,11,13H2,1-2H3,(H,20,21);1H. The van der Waals surface area contributed by atoms with Crippen molar-refractivity contribution in [2.75, 3.05) is 13.2 Å². The number of amides is 1. The van der Waals surface area contributed by atoms with Crippen molar-refractivity contribution in [1.29, 1.82) is 0 Å². The Balaban J connectivity index is 0.00000264. The highest BCUT2D eigenvalue weighted by atomic mass is 35.5. The van der Waals surface area contributed by atoms with Crippen LogP contribution in [0.5, 0.6) is 5.75 Å². The second kappa shape index (κ2) is 9.85. The number of nitrogens with zero attached hydrogens (tertiary/aromatic N) is 1. The Bertz CT molecular complexity index is 586. The van der Waals surface area contributed by atoms with Gasteiger partial charge in [-0.15, -0.1) is 12.4 Å². The highest BCUT2D eigenvalue weighted by Crippen LogP contribution is 2.13. The van der Waals surface area contributed by atoms with E-state index in [-0.39, 0.29) is 18.3 Å². The van der Waals surface area contributed by atoms with Crippen molar-refractivity contribution in [3.63, 3.8) is 0 Å². The molecule has 5 heteroatoms. The fraction of sp³-hybridized carbons (Fsp3) is 0.333. The first-order chi connectivity index (χ1) is 10.6. The number of aromatic nitrogens is 1. The number of benzene rings is 1. The number of carbonyl (C=O) groups is 1. The van der Waals surface area contributed by atoms with Crippen LogP contribution in [-0.2, 0) is 6.42 Å². The molecule has 0 saturated carbocycles. The molecular weight excluding hydrogens is 312 g/mol. The Morgan fingerprint density at radius 2 is 1.96 bits per heavy atom. The topological polar surface area (TPSA) is 51.2 Å². The van der Waals surface area contributed by atoms with Gasteiger partial charge in [-0.3, -0.25) is 9.78 Å². The second-order valence-electron chi connectivity index (χ2n) is 5.60. The first-order valence-electron chi connectivity index (χ1n) is 7.55. The molecule has 0 atom stereocenters. The zero-order valence-corrected chi connectivity index (χ0v) is 14.3. The molecule has 0 fully saturated rings. The highest BCUT2D eigenvalue weighted by molar-refractivity contribution is 5.93. The van der Waals surface area contributed by atoms with E-state index in [9.17, 15) is 4.79 Å². The van der Waals surface area contributed by atoms with Gasteiger partial charge in [0.15, 0.2) is 0 Å². The van der Waals surface area contributed by atoms with Crippen LogP contribution in [0.15, 0.2) is 48.8 Å². The van der Waals surface area contributed by atoms with Crippen LogP contribution >= 0.6 is 12.4 Å². The minimum atomic E-state index is -0.0926. The smallest absolute Gasteiger partial charge is 0.252 e. The van der Waals surface area contributed by atoms with Gasteiger partial charge in [0.25, 0.3) is 5.91 Å². The summed E-state index contributed by atoms with van der Waals surface area (Å²) in [6, 6.07) is 11.5. The number of ether oxygens (including phenoxy) is 1. The molecule has 2 aromatic rings. The number of hydrogen-bond donors (Lipinski definition) is 1. The molecule has 124 valence electrons. The van der Waals surface area contributed by atoms with Crippen LogP contribution in [0.25, 0.3) is 0 Å². The van der Waals surface area contributed by atoms with Gasteiger partial charge in [-0.25, -0.2) is 0 Å². The van der Waals surface area contributed by atoms with Gasteiger partial charge in [0, 0.05) is 18.9 Å². The van der Waals surface area contributed by atoms with Crippen molar-refractivity contribution in [2.24, 2.45) is 5.92 Å². The van der Waals surface area contributed by atoms with E-state index in [1.807, 2.05) is 24.3 Å². The Morgan fingerprint density at radius 3 is 2.57 bits per heavy atom. The van der Waals surface area contributed by atoms with E-state index in [4.69, 9.17) is 4.74 Å². The van der Waals surface area contributed by atoms with Crippen LogP contribution in [-0.4, -0.2) is 24.0 Å². The zero-order chi connectivity index (χ0) is 15.8. The summed E-state index contributed by atoms with van der Waals surface area (Å²) in [7, 11) is 0. The molecule has 0 unspecified atom stereocenters. The summed E-state index contributed by atoms with van der Waals surface area (Å²) in [6.45, 7) is 5.57. The molecule has 1 heterocycles. The number of hydrogen-bond acceptors (Lipinski definition) is 3. The molecule has 0 aliphatic carbocycles. The maximum absolute atomic E-state index is 11.9. The molecule has 0 saturated heterocycles. The first kappa shape index (κ1) is 19.0. The first-order valence-corrected chi connectivity index (χ1v) is 7.55. The number of halogens is 1. The van der Waals surface area contributed by atoms with E-state index in [2.05, 4.69) is 24.1 Å². The molecule has 0 aliphatic heterocycles. The minimum Gasteiger partial charge on any atom is -0.493 e. The van der Waals surface area contributed by atoms with E-state index in [1.54, 1.807) is 24.5 Å². The van der Waals surface area contributed by atoms with Crippen molar-refractivity contribution in [2.45, 2.75) is 20.3 Å². The Labute approximate surface area is 143 Å². The summed E-state index contributed by atoms with van der Waals surface area (Å²) in [5.41, 5.74) is 1.75. The van der Waals surface area contributed by atoms with Gasteiger partial charge in [0.2, 0.25) is 0 Å². The summed E-state index contributed by atoms with van der Waals surface area (Å²) in [4.78, 5) is 15.8. The van der Waals surface area contributed by atoms with Crippen LogP contribution in [0, 0.1) is 5.92 Å². The predicted molar refractivity (Wildman–Crippen MR) is 94.3 cm³/mol. The molecule has 0 radical (unpaired) electrons. The lowest BCUT2D eigenvalue weighted by atomic mass is 10.1. The van der Waals surface area contributed by atoms with Crippen LogP contribution in [0.3, 0.4) is 0 Å². The molecule has 0 spiro atoms. The van der Waals surface area contributed by atoms with E-state index in [0.717, 1.165) is 18.8 Å². The lowest BCUT2D eigenvalue weighted by Crippen LogP contribution is -2.25. The Morgan fingerprint density at radius 1 is 1.22 bits per heavy atom. The lowest BCUT2D eigenvalue weighted by Gasteiger charge is -2.09. The Kier molecular flexibility index (Phi) is 8.13. The summed E-state index contributed by atoms with van der Waals surface area (Å²) in [5.74, 6) is 1.31. The molecule has 2 rings (SSSR count). The molecule has 1 N–H and O–H groups in total. The van der Waals surface area contributed by atoms with Gasteiger partial charge in [-0.1, -0.05) is 26.0 Å². The van der Waals surface area contributed by atoms with E-state index >= 15 is 0 Å². The minimum absolute atomic E-state index is 0. The zero-order valence-electron chi connectivity index (χ0n) is 13.5. The van der Waals surface area contributed by atoms with Crippen LogP contribution in [0.2, 0.25) is 0 Å². The summed E-state index contributed by atoms with van der Waals surface area (Å²) in [5, 5.41) is 2.89. The van der Waals surface area contributed by atoms with Crippen LogP contribution in [0.1, 0.15) is 29.8 Å². The van der Waals surface area contributed by atoms with Gasteiger partial charge in [-0.05, 0) is 42.2 Å². The molecule has 1 aromatic carbocycles. The lowest BCUT2D eigenvalue weighted by molar-refractivity contribution is 0.0954. The van der Waals surface area contributed by atoms with Gasteiger partial charge in [-0.2, -0.15) is 0 Å². The summed E-state index contributed by atoms with van der Waals surface area (Å²) >= 11 is 0. The van der Waals surface area contributed by atoms with Crippen LogP contribution in [0.4, 0.5) is 0 Å². The van der Waals surface area contributed by atoms with Gasteiger partial charge < -0.3 is 10.1 Å². The van der Waals surface area contributed by atoms with Crippen molar-refractivity contribution in [3.8, 4) is 5.75 Å². The number of carbonyl (C=O) groups excluding carboxylic acids is 1. The van der Waals surface area contributed by atoms with Gasteiger partial charge >= 0.3 is 0 Å². The molecule has 4 nitrogen and oxygen atoms in total. The van der Waals surface area contributed by atoms with E-state index in [0.29, 0.717) is 18.0 Å². The van der Waals surface area contributed by atoms with Crippen molar-refractivity contribution < 1.29 is 9.53 Å². The third-order valence-corrected chi connectivity index (χ3v) is 3.13.